The highest BCUT2D eigenvalue weighted by Gasteiger charge is 2.29. The van der Waals surface area contributed by atoms with Gasteiger partial charge in [-0.1, -0.05) is 182 Å². The second kappa shape index (κ2) is 16.0. The number of rotatable bonds is 8. The topological polar surface area (TPSA) is 32.8 Å². The third-order valence-electron chi connectivity index (χ3n) is 14.2. The van der Waals surface area contributed by atoms with E-state index in [9.17, 15) is 0 Å². The quantitative estimate of drug-likeness (QED) is 0.142. The first-order valence-electron chi connectivity index (χ1n) is 24.0. The fourth-order valence-corrected chi connectivity index (χ4v) is 11.1. The Morgan fingerprint density at radius 1 is 0.386 bits per heavy atom. The van der Waals surface area contributed by atoms with Crippen LogP contribution in [0.3, 0.4) is 0 Å². The molecule has 0 atom stereocenters. The summed E-state index contributed by atoms with van der Waals surface area (Å²) in [7, 11) is 0. The van der Waals surface area contributed by atoms with E-state index in [1.54, 1.807) is 0 Å². The molecule has 0 unspecified atom stereocenters. The van der Waals surface area contributed by atoms with Crippen molar-refractivity contribution in [3.8, 4) is 22.3 Å². The van der Waals surface area contributed by atoms with E-state index in [-0.39, 0.29) is 0 Å². The number of nitrogens with zero attached hydrogens (tertiary/aromatic N) is 2. The minimum atomic E-state index is 0.787. The van der Waals surface area contributed by atoms with Crippen molar-refractivity contribution < 1.29 is 8.83 Å². The normalized spacial score (nSPS) is 12.5. The van der Waals surface area contributed by atoms with Gasteiger partial charge in [0, 0.05) is 49.3 Å². The highest BCUT2D eigenvalue weighted by Crippen LogP contribution is 2.53. The van der Waals surface area contributed by atoms with Crippen molar-refractivity contribution in [3.63, 3.8) is 0 Å². The van der Waals surface area contributed by atoms with Gasteiger partial charge in [-0.3, -0.25) is 0 Å². The van der Waals surface area contributed by atoms with Gasteiger partial charge in [0.15, 0.2) is 11.2 Å². The van der Waals surface area contributed by atoms with Crippen molar-refractivity contribution in [3.05, 3.63) is 247 Å². The van der Waals surface area contributed by atoms with E-state index in [0.29, 0.717) is 0 Å². The molecular formula is C66H44N2O2. The fourth-order valence-electron chi connectivity index (χ4n) is 11.1. The summed E-state index contributed by atoms with van der Waals surface area (Å²) in [4.78, 5) is 4.88. The van der Waals surface area contributed by atoms with Gasteiger partial charge in [-0.2, -0.15) is 0 Å². The Balaban J connectivity index is 1.13. The van der Waals surface area contributed by atoms with E-state index in [4.69, 9.17) is 8.83 Å². The maximum absolute atomic E-state index is 7.04. The number of hydrogen-bond donors (Lipinski definition) is 0. The van der Waals surface area contributed by atoms with Crippen LogP contribution < -0.4 is 9.80 Å². The SMILES string of the molecule is Cc1cc2ccc3c(N(c4cccc(-c5ccccc5)c4)c4cccc5c6c(oc45)C=CC=CC6)cc(N(c4cccc(-c5ccccc5)c4)c4cccc5c4oc4ccccc45)c4ccc(c1)c2c34. The zero-order chi connectivity index (χ0) is 46.3. The molecule has 14 rings (SSSR count). The van der Waals surface area contributed by atoms with Crippen LogP contribution in [0.25, 0.3) is 93.6 Å². The molecule has 2 heterocycles. The fraction of sp³-hybridized carbons (Fsp3) is 0.0303. The van der Waals surface area contributed by atoms with Crippen LogP contribution in [-0.4, -0.2) is 0 Å². The minimum Gasteiger partial charge on any atom is -0.454 e. The van der Waals surface area contributed by atoms with Crippen molar-refractivity contribution in [1.82, 2.24) is 0 Å². The molecule has 13 aromatic rings. The Morgan fingerprint density at radius 2 is 0.929 bits per heavy atom. The lowest BCUT2D eigenvalue weighted by Crippen LogP contribution is -2.15. The number of anilines is 6. The molecule has 4 heteroatoms. The summed E-state index contributed by atoms with van der Waals surface area (Å²) in [6.07, 6.45) is 9.28. The van der Waals surface area contributed by atoms with Crippen LogP contribution in [0.4, 0.5) is 34.1 Å². The number of aryl methyl sites for hydroxylation is 1. The molecule has 0 bridgehead atoms. The third-order valence-corrected chi connectivity index (χ3v) is 14.2. The number of hydrogen-bond acceptors (Lipinski definition) is 4. The van der Waals surface area contributed by atoms with Crippen LogP contribution in [0.15, 0.2) is 239 Å². The Bertz CT molecular complexity index is 4210. The van der Waals surface area contributed by atoms with Crippen molar-refractivity contribution in [2.45, 2.75) is 13.3 Å². The van der Waals surface area contributed by atoms with Gasteiger partial charge in [0.2, 0.25) is 0 Å². The number of benzene rings is 11. The predicted octanol–water partition coefficient (Wildman–Crippen LogP) is 18.9. The third kappa shape index (κ3) is 6.38. The molecule has 330 valence electrons. The van der Waals surface area contributed by atoms with Crippen LogP contribution in [-0.2, 0) is 6.42 Å². The molecular weight excluding hydrogens is 853 g/mol. The largest absolute Gasteiger partial charge is 0.454 e. The van der Waals surface area contributed by atoms with Crippen LogP contribution in [0.1, 0.15) is 16.9 Å². The standard InChI is InChI=1S/C66H44N2O2/c1-42-37-47-33-35-55-59(67(49-23-13-21-45(39-49)43-17-5-2-6-18-43)57-29-15-27-53-51-25-9-4-10-31-61(51)69-65(53)57)41-60(56-36-34-48(38-42)63(47)64(55)56)68(50-24-14-22-46(40-50)44-19-7-3-8-20-44)58-30-16-28-54-52-26-11-12-32-62(52)70-66(54)58/h2-24,26-41H,25H2,1H3. The number of allylic oxidation sites excluding steroid dienone is 3. The maximum Gasteiger partial charge on any atom is 0.159 e. The monoisotopic (exact) mass is 896 g/mol. The lowest BCUT2D eigenvalue weighted by molar-refractivity contribution is 0.600. The van der Waals surface area contributed by atoms with Gasteiger partial charge in [-0.05, 0) is 112 Å². The first-order chi connectivity index (χ1) is 34.6. The van der Waals surface area contributed by atoms with Crippen LogP contribution in [0.5, 0.6) is 0 Å². The molecule has 11 aromatic carbocycles. The Kier molecular flexibility index (Phi) is 9.15. The van der Waals surface area contributed by atoms with E-state index < -0.39 is 0 Å². The minimum absolute atomic E-state index is 0.787. The van der Waals surface area contributed by atoms with Gasteiger partial charge in [0.05, 0.1) is 22.7 Å². The molecule has 1 aliphatic rings. The summed E-state index contributed by atoms with van der Waals surface area (Å²) in [5, 5.41) is 10.4. The maximum atomic E-state index is 7.04. The van der Waals surface area contributed by atoms with Crippen molar-refractivity contribution in [2.24, 2.45) is 0 Å². The predicted molar refractivity (Wildman–Crippen MR) is 294 cm³/mol. The van der Waals surface area contributed by atoms with Gasteiger partial charge in [0.1, 0.15) is 11.3 Å². The van der Waals surface area contributed by atoms with E-state index in [1.807, 2.05) is 6.07 Å². The van der Waals surface area contributed by atoms with E-state index >= 15 is 0 Å². The highest BCUT2D eigenvalue weighted by atomic mass is 16.3. The first-order valence-corrected chi connectivity index (χ1v) is 24.0. The lowest BCUT2D eigenvalue weighted by Gasteiger charge is -2.32. The average molecular weight is 897 g/mol. The lowest BCUT2D eigenvalue weighted by atomic mass is 9.90. The van der Waals surface area contributed by atoms with Gasteiger partial charge < -0.3 is 18.6 Å². The Labute approximate surface area is 405 Å². The van der Waals surface area contributed by atoms with Gasteiger partial charge in [-0.25, -0.2) is 0 Å². The summed E-state index contributed by atoms with van der Waals surface area (Å²) >= 11 is 0. The molecule has 4 nitrogen and oxygen atoms in total. The van der Waals surface area contributed by atoms with Gasteiger partial charge in [-0.15, -0.1) is 0 Å². The molecule has 0 radical (unpaired) electrons. The molecule has 70 heavy (non-hydrogen) atoms. The number of fused-ring (bicyclic) bond motifs is 6. The molecule has 2 aromatic heterocycles. The molecule has 0 saturated carbocycles. The summed E-state index contributed by atoms with van der Waals surface area (Å²) < 4.78 is 14.0. The molecule has 0 fully saturated rings. The van der Waals surface area contributed by atoms with Crippen molar-refractivity contribution in [1.29, 1.82) is 0 Å². The molecule has 0 aliphatic heterocycles. The number of furan rings is 2. The summed E-state index contributed by atoms with van der Waals surface area (Å²) in [5.74, 6) is 0.889. The summed E-state index contributed by atoms with van der Waals surface area (Å²) in [5.41, 5.74) is 15.5. The van der Waals surface area contributed by atoms with E-state index in [1.165, 1.54) is 32.7 Å². The van der Waals surface area contributed by atoms with Crippen molar-refractivity contribution in [2.75, 3.05) is 9.80 Å². The van der Waals surface area contributed by atoms with Crippen LogP contribution >= 0.6 is 0 Å². The molecule has 0 saturated heterocycles. The molecule has 0 spiro atoms. The number of para-hydroxylation sites is 3. The van der Waals surface area contributed by atoms with Crippen molar-refractivity contribution >= 4 is 105 Å². The van der Waals surface area contributed by atoms with E-state index in [0.717, 1.165) is 112 Å². The van der Waals surface area contributed by atoms with Gasteiger partial charge in [0.25, 0.3) is 0 Å². The van der Waals surface area contributed by atoms with E-state index in [2.05, 4.69) is 247 Å². The molecule has 0 N–H and O–H groups in total. The Hall–Kier alpha value is -9.12. The summed E-state index contributed by atoms with van der Waals surface area (Å²) in [6, 6.07) is 77.0. The molecule has 1 aliphatic carbocycles. The van der Waals surface area contributed by atoms with Gasteiger partial charge >= 0.3 is 0 Å². The zero-order valence-electron chi connectivity index (χ0n) is 38.4. The second-order valence-corrected chi connectivity index (χ2v) is 18.4. The second-order valence-electron chi connectivity index (χ2n) is 18.4. The smallest absolute Gasteiger partial charge is 0.159 e. The average Bonchev–Trinajstić information content (AvgIpc) is 3.88. The summed E-state index contributed by atoms with van der Waals surface area (Å²) in [6.45, 7) is 2.19. The highest BCUT2D eigenvalue weighted by molar-refractivity contribution is 6.29. The molecule has 0 amide bonds. The zero-order valence-corrected chi connectivity index (χ0v) is 38.4. The Morgan fingerprint density at radius 3 is 1.57 bits per heavy atom. The first kappa shape index (κ1) is 40.0. The van der Waals surface area contributed by atoms with Crippen LogP contribution in [0.2, 0.25) is 0 Å². The van der Waals surface area contributed by atoms with Crippen LogP contribution in [0, 0.1) is 6.92 Å².